The first-order chi connectivity index (χ1) is 7.41. The highest BCUT2D eigenvalue weighted by molar-refractivity contribution is 9.13. The predicted molar refractivity (Wildman–Crippen MR) is 65.7 cm³/mol. The number of nitrogens with one attached hydrogen (secondary N) is 1. The van der Waals surface area contributed by atoms with Crippen LogP contribution in [0.2, 0.25) is 0 Å². The fourth-order valence-electron chi connectivity index (χ4n) is 0.822. The maximum Gasteiger partial charge on any atom is 0.334 e. The van der Waals surface area contributed by atoms with Gasteiger partial charge in [0.05, 0.1) is 15.2 Å². The van der Waals surface area contributed by atoms with Gasteiger partial charge in [0.1, 0.15) is 0 Å². The second-order valence-corrected chi connectivity index (χ2v) is 6.02. The minimum atomic E-state index is -1.59. The van der Waals surface area contributed by atoms with Crippen molar-refractivity contribution in [3.05, 3.63) is 19.2 Å². The monoisotopic (exact) mass is 371 g/mol. The molecule has 88 valence electrons. The van der Waals surface area contributed by atoms with Crippen LogP contribution in [0.1, 0.15) is 9.67 Å². The maximum atomic E-state index is 11.5. The molecule has 1 aromatic heterocycles. The quantitative estimate of drug-likeness (QED) is 0.746. The summed E-state index contributed by atoms with van der Waals surface area (Å²) in [6.45, 7) is -0.318. The number of aliphatic hydroxyl groups excluding tert-OH is 1. The lowest BCUT2D eigenvalue weighted by atomic mass is 10.3. The van der Waals surface area contributed by atoms with Crippen LogP contribution in [0, 0.1) is 0 Å². The van der Waals surface area contributed by atoms with E-state index in [1.165, 1.54) is 11.3 Å². The molecule has 16 heavy (non-hydrogen) atoms. The lowest BCUT2D eigenvalue weighted by molar-refractivity contribution is -0.146. The average molecular weight is 373 g/mol. The SMILES string of the molecule is O=C(NCC(O)C(=O)O)c1cc(Br)c(Br)s1. The molecule has 1 rings (SSSR count). The van der Waals surface area contributed by atoms with Gasteiger partial charge in [0.25, 0.3) is 5.91 Å². The van der Waals surface area contributed by atoms with E-state index in [2.05, 4.69) is 37.2 Å². The van der Waals surface area contributed by atoms with E-state index in [0.29, 0.717) is 4.88 Å². The third-order valence-corrected chi connectivity index (χ3v) is 4.86. The second-order valence-electron chi connectivity index (χ2n) is 2.80. The smallest absolute Gasteiger partial charge is 0.334 e. The van der Waals surface area contributed by atoms with Gasteiger partial charge in [-0.05, 0) is 37.9 Å². The minimum Gasteiger partial charge on any atom is -0.479 e. The zero-order valence-electron chi connectivity index (χ0n) is 7.74. The maximum absolute atomic E-state index is 11.5. The molecule has 0 fully saturated rings. The van der Waals surface area contributed by atoms with Gasteiger partial charge in [-0.25, -0.2) is 4.79 Å². The Labute approximate surface area is 112 Å². The molecule has 0 aromatic carbocycles. The minimum absolute atomic E-state index is 0.318. The van der Waals surface area contributed by atoms with E-state index in [-0.39, 0.29) is 6.54 Å². The van der Waals surface area contributed by atoms with Gasteiger partial charge in [-0.2, -0.15) is 0 Å². The molecule has 0 aliphatic rings. The van der Waals surface area contributed by atoms with Crippen LogP contribution in [-0.4, -0.2) is 34.7 Å². The van der Waals surface area contributed by atoms with E-state index in [1.807, 2.05) is 0 Å². The van der Waals surface area contributed by atoms with Crippen LogP contribution in [0.5, 0.6) is 0 Å². The molecule has 1 heterocycles. The van der Waals surface area contributed by atoms with Crippen molar-refractivity contribution in [3.8, 4) is 0 Å². The Bertz CT molecular complexity index is 401. The molecule has 0 aliphatic heterocycles. The van der Waals surface area contributed by atoms with E-state index < -0.39 is 18.0 Å². The average Bonchev–Trinajstić information content (AvgIpc) is 2.55. The molecule has 0 bridgehead atoms. The molecule has 1 atom stereocenters. The number of aliphatic carboxylic acids is 1. The highest BCUT2D eigenvalue weighted by Crippen LogP contribution is 2.32. The van der Waals surface area contributed by atoms with Gasteiger partial charge in [-0.15, -0.1) is 11.3 Å². The summed E-state index contributed by atoms with van der Waals surface area (Å²) in [5.74, 6) is -1.79. The van der Waals surface area contributed by atoms with Crippen LogP contribution in [0.15, 0.2) is 14.3 Å². The Morgan fingerprint density at radius 2 is 2.12 bits per heavy atom. The van der Waals surface area contributed by atoms with Gasteiger partial charge in [0.2, 0.25) is 0 Å². The molecule has 1 unspecified atom stereocenters. The molecule has 0 saturated carbocycles. The summed E-state index contributed by atoms with van der Waals surface area (Å²) in [5, 5.41) is 19.7. The van der Waals surface area contributed by atoms with Gasteiger partial charge in [0, 0.05) is 4.47 Å². The summed E-state index contributed by atoms with van der Waals surface area (Å²) in [4.78, 5) is 22.2. The van der Waals surface area contributed by atoms with Crippen LogP contribution >= 0.6 is 43.2 Å². The first-order valence-corrected chi connectivity index (χ1v) is 6.46. The van der Waals surface area contributed by atoms with Crippen LogP contribution in [0.4, 0.5) is 0 Å². The Hall–Kier alpha value is -0.440. The number of carbonyl (C=O) groups is 2. The van der Waals surface area contributed by atoms with Crippen molar-refractivity contribution < 1.29 is 19.8 Å². The molecule has 8 heteroatoms. The number of halogens is 2. The second kappa shape index (κ2) is 5.76. The van der Waals surface area contributed by atoms with Crippen LogP contribution < -0.4 is 5.32 Å². The number of hydrogen-bond acceptors (Lipinski definition) is 4. The summed E-state index contributed by atoms with van der Waals surface area (Å²) in [6.07, 6.45) is -1.59. The molecule has 0 radical (unpaired) electrons. The molecule has 1 aromatic rings. The number of carbonyl (C=O) groups excluding carboxylic acids is 1. The Morgan fingerprint density at radius 3 is 2.56 bits per heavy atom. The number of amides is 1. The zero-order valence-corrected chi connectivity index (χ0v) is 11.7. The lowest BCUT2D eigenvalue weighted by Crippen LogP contribution is -2.36. The van der Waals surface area contributed by atoms with Gasteiger partial charge in [0.15, 0.2) is 6.10 Å². The summed E-state index contributed by atoms with van der Waals surface area (Å²) in [7, 11) is 0. The molecule has 0 aliphatic carbocycles. The first kappa shape index (κ1) is 13.6. The Morgan fingerprint density at radius 1 is 1.50 bits per heavy atom. The van der Waals surface area contributed by atoms with E-state index in [9.17, 15) is 9.59 Å². The normalized spacial score (nSPS) is 12.2. The first-order valence-electron chi connectivity index (χ1n) is 4.05. The predicted octanol–water partition coefficient (Wildman–Crippen LogP) is 1.45. The van der Waals surface area contributed by atoms with Crippen molar-refractivity contribution in [2.45, 2.75) is 6.10 Å². The van der Waals surface area contributed by atoms with Crippen molar-refractivity contribution in [2.75, 3.05) is 6.54 Å². The molecule has 0 spiro atoms. The fourth-order valence-corrected chi connectivity index (χ4v) is 2.77. The Balaban J connectivity index is 2.56. The topological polar surface area (TPSA) is 86.6 Å². The summed E-state index contributed by atoms with van der Waals surface area (Å²) >= 11 is 7.67. The number of thiophene rings is 1. The summed E-state index contributed by atoms with van der Waals surface area (Å²) < 4.78 is 1.53. The molecule has 0 saturated heterocycles. The van der Waals surface area contributed by atoms with Gasteiger partial charge >= 0.3 is 5.97 Å². The summed E-state index contributed by atoms with van der Waals surface area (Å²) in [6, 6.07) is 1.61. The molecule has 3 N–H and O–H groups in total. The largest absolute Gasteiger partial charge is 0.479 e. The number of carboxylic acids is 1. The van der Waals surface area contributed by atoms with Crippen molar-refractivity contribution in [1.82, 2.24) is 5.32 Å². The van der Waals surface area contributed by atoms with Crippen LogP contribution in [0.25, 0.3) is 0 Å². The number of hydrogen-bond donors (Lipinski definition) is 3. The van der Waals surface area contributed by atoms with E-state index in [0.717, 1.165) is 8.26 Å². The van der Waals surface area contributed by atoms with Crippen molar-refractivity contribution >= 4 is 55.1 Å². The lowest BCUT2D eigenvalue weighted by Gasteiger charge is -2.06. The van der Waals surface area contributed by atoms with Crippen molar-refractivity contribution in [2.24, 2.45) is 0 Å². The molecule has 5 nitrogen and oxygen atoms in total. The summed E-state index contributed by atoms with van der Waals surface area (Å²) in [5.41, 5.74) is 0. The molecular weight excluding hydrogens is 366 g/mol. The Kier molecular flexibility index (Phi) is 4.90. The van der Waals surface area contributed by atoms with Crippen molar-refractivity contribution in [1.29, 1.82) is 0 Å². The van der Waals surface area contributed by atoms with E-state index >= 15 is 0 Å². The van der Waals surface area contributed by atoms with Gasteiger partial charge in [-0.3, -0.25) is 4.79 Å². The fraction of sp³-hybridized carbons (Fsp3) is 0.250. The number of aliphatic hydroxyl groups is 1. The van der Waals surface area contributed by atoms with E-state index in [1.54, 1.807) is 6.07 Å². The molecular formula is C8H7Br2NO4S. The third kappa shape index (κ3) is 3.55. The highest BCUT2D eigenvalue weighted by atomic mass is 79.9. The van der Waals surface area contributed by atoms with Crippen LogP contribution in [-0.2, 0) is 4.79 Å². The van der Waals surface area contributed by atoms with Gasteiger partial charge < -0.3 is 15.5 Å². The standard InChI is InChI=1S/C8H7Br2NO4S/c9-3-1-5(16-6(3)10)7(13)11-2-4(12)8(14)15/h1,4,12H,2H2,(H,11,13)(H,14,15). The third-order valence-electron chi connectivity index (χ3n) is 1.61. The molecule has 1 amide bonds. The van der Waals surface area contributed by atoms with Crippen molar-refractivity contribution in [3.63, 3.8) is 0 Å². The number of carboxylic acid groups (broad SMARTS) is 1. The highest BCUT2D eigenvalue weighted by Gasteiger charge is 2.16. The number of rotatable bonds is 4. The van der Waals surface area contributed by atoms with Crippen LogP contribution in [0.3, 0.4) is 0 Å². The zero-order chi connectivity index (χ0) is 12.3. The van der Waals surface area contributed by atoms with E-state index in [4.69, 9.17) is 10.2 Å². The van der Waals surface area contributed by atoms with Gasteiger partial charge in [-0.1, -0.05) is 0 Å².